The lowest BCUT2D eigenvalue weighted by atomic mass is 9.67. The van der Waals surface area contributed by atoms with Gasteiger partial charge in [-0.2, -0.15) is 0 Å². The van der Waals surface area contributed by atoms with Gasteiger partial charge in [-0.25, -0.2) is 4.39 Å². The highest BCUT2D eigenvalue weighted by atomic mass is 19.1. The van der Waals surface area contributed by atoms with Crippen molar-refractivity contribution in [3.63, 3.8) is 0 Å². The van der Waals surface area contributed by atoms with Crippen molar-refractivity contribution in [3.8, 4) is 0 Å². The molecule has 0 aromatic heterocycles. The molecule has 0 bridgehead atoms. The van der Waals surface area contributed by atoms with Gasteiger partial charge in [-0.05, 0) is 37.5 Å². The van der Waals surface area contributed by atoms with E-state index in [4.69, 9.17) is 0 Å². The van der Waals surface area contributed by atoms with E-state index in [-0.39, 0.29) is 11.2 Å². The number of amides is 1. The van der Waals surface area contributed by atoms with Crippen molar-refractivity contribution in [1.82, 2.24) is 5.32 Å². The number of carbonyl (C=O) groups excluding carboxylic acids is 2. The molecule has 100 valence electrons. The number of hydrogen-bond acceptors (Lipinski definition) is 3. The summed E-state index contributed by atoms with van der Waals surface area (Å²) in [6, 6.07) is 4.30. The maximum absolute atomic E-state index is 13.8. The molecule has 0 saturated heterocycles. The zero-order chi connectivity index (χ0) is 14.0. The highest BCUT2D eigenvalue weighted by Crippen LogP contribution is 2.35. The van der Waals surface area contributed by atoms with Gasteiger partial charge >= 0.3 is 0 Å². The minimum absolute atomic E-state index is 0.00136. The Morgan fingerprint density at radius 1 is 1.37 bits per heavy atom. The molecule has 1 amide bonds. The molecule has 0 heterocycles. The van der Waals surface area contributed by atoms with Crippen LogP contribution >= 0.6 is 0 Å². The lowest BCUT2D eigenvalue weighted by Crippen LogP contribution is -2.52. The molecular weight excluding hydrogens is 246 g/mol. The summed E-state index contributed by atoms with van der Waals surface area (Å²) in [6.07, 6.45) is 2.52. The average molecular weight is 262 g/mol. The number of benzene rings is 1. The van der Waals surface area contributed by atoms with Gasteiger partial charge in [0, 0.05) is 12.7 Å². The largest absolute Gasteiger partial charge is 0.373 e. The Bertz CT molecular complexity index is 529. The molecule has 1 aliphatic carbocycles. The lowest BCUT2D eigenvalue weighted by molar-refractivity contribution is -0.118. The Morgan fingerprint density at radius 3 is 2.47 bits per heavy atom. The summed E-state index contributed by atoms with van der Waals surface area (Å²) in [5, 5.41) is 5.47. The maximum Gasteiger partial charge on any atom is 0.253 e. The predicted octanol–water partition coefficient (Wildman–Crippen LogP) is 0.680. The maximum atomic E-state index is 13.8. The first-order chi connectivity index (χ1) is 8.98. The molecule has 1 aromatic rings. The van der Waals surface area contributed by atoms with E-state index in [1.165, 1.54) is 19.2 Å². The summed E-state index contributed by atoms with van der Waals surface area (Å²) in [7, 11) is 2.99. The van der Waals surface area contributed by atoms with E-state index in [9.17, 15) is 14.0 Å². The zero-order valence-corrected chi connectivity index (χ0v) is 11.0. The number of anilines is 1. The fourth-order valence-corrected chi connectivity index (χ4v) is 2.28. The molecule has 6 heteroatoms. The third-order valence-electron chi connectivity index (χ3n) is 3.71. The molecular formula is C13H16BFN2O2. The molecule has 1 aliphatic rings. The fourth-order valence-electron chi connectivity index (χ4n) is 2.28. The number of nitrogens with one attached hydrogen (secondary N) is 2. The summed E-state index contributed by atoms with van der Waals surface area (Å²) in [5.74, 6) is -1.06. The molecule has 2 N–H and O–H groups in total. The van der Waals surface area contributed by atoms with Gasteiger partial charge in [0.2, 0.25) is 0 Å². The van der Waals surface area contributed by atoms with Crippen molar-refractivity contribution in [2.75, 3.05) is 12.4 Å². The summed E-state index contributed by atoms with van der Waals surface area (Å²) < 4.78 is 13.8. The number of halogens is 1. The Hall–Kier alpha value is -1.85. The monoisotopic (exact) mass is 262 g/mol. The molecule has 0 atom stereocenters. The van der Waals surface area contributed by atoms with E-state index < -0.39 is 17.3 Å². The van der Waals surface area contributed by atoms with Gasteiger partial charge < -0.3 is 15.4 Å². The van der Waals surface area contributed by atoms with Crippen LogP contribution in [0.1, 0.15) is 29.6 Å². The van der Waals surface area contributed by atoms with Gasteiger partial charge in [-0.1, -0.05) is 0 Å². The molecule has 0 spiro atoms. The van der Waals surface area contributed by atoms with E-state index in [1.54, 1.807) is 13.9 Å². The Kier molecular flexibility index (Phi) is 3.60. The summed E-state index contributed by atoms with van der Waals surface area (Å²) in [5.41, 5.74) is 0.0363. The minimum Gasteiger partial charge on any atom is -0.373 e. The van der Waals surface area contributed by atoms with Crippen LogP contribution in [-0.4, -0.2) is 32.0 Å². The normalized spacial score (nSPS) is 16.3. The van der Waals surface area contributed by atoms with Gasteiger partial charge in [0.25, 0.3) is 5.91 Å². The number of carbonyl (C=O) groups is 2. The van der Waals surface area contributed by atoms with Crippen LogP contribution in [-0.2, 0) is 4.79 Å². The molecule has 0 radical (unpaired) electrons. The van der Waals surface area contributed by atoms with E-state index in [1.807, 2.05) is 0 Å². The molecule has 0 unspecified atom stereocenters. The van der Waals surface area contributed by atoms with Crippen LogP contribution in [0, 0.1) is 5.82 Å². The van der Waals surface area contributed by atoms with E-state index in [0.717, 1.165) is 19.3 Å². The van der Waals surface area contributed by atoms with Crippen molar-refractivity contribution >= 4 is 25.1 Å². The third-order valence-corrected chi connectivity index (χ3v) is 3.71. The van der Waals surface area contributed by atoms with Crippen LogP contribution in [0.4, 0.5) is 10.1 Å². The highest BCUT2D eigenvalue weighted by Gasteiger charge is 2.40. The van der Waals surface area contributed by atoms with Crippen LogP contribution in [0.15, 0.2) is 18.2 Å². The van der Waals surface area contributed by atoms with Crippen molar-refractivity contribution in [3.05, 3.63) is 29.6 Å². The molecule has 19 heavy (non-hydrogen) atoms. The van der Waals surface area contributed by atoms with Crippen LogP contribution in [0.2, 0.25) is 0 Å². The molecule has 1 aromatic carbocycles. The van der Waals surface area contributed by atoms with Crippen molar-refractivity contribution in [2.45, 2.75) is 24.8 Å². The van der Waals surface area contributed by atoms with Crippen LogP contribution in [0.5, 0.6) is 0 Å². The first-order valence-corrected chi connectivity index (χ1v) is 6.29. The van der Waals surface area contributed by atoms with Gasteiger partial charge in [0.05, 0.1) is 11.1 Å². The molecule has 1 fully saturated rings. The second-order valence-electron chi connectivity index (χ2n) is 4.89. The first kappa shape index (κ1) is 13.6. The second-order valence-corrected chi connectivity index (χ2v) is 4.89. The van der Waals surface area contributed by atoms with E-state index in [2.05, 4.69) is 10.6 Å². The highest BCUT2D eigenvalue weighted by molar-refractivity contribution is 6.60. The summed E-state index contributed by atoms with van der Waals surface area (Å²) in [6.45, 7) is 0. The van der Waals surface area contributed by atoms with Crippen LogP contribution < -0.4 is 10.6 Å². The Balaban J connectivity index is 2.21. The molecule has 0 aliphatic heterocycles. The zero-order valence-electron chi connectivity index (χ0n) is 11.0. The van der Waals surface area contributed by atoms with Gasteiger partial charge in [0.1, 0.15) is 11.5 Å². The van der Waals surface area contributed by atoms with Gasteiger partial charge in [-0.3, -0.25) is 4.79 Å². The predicted molar refractivity (Wildman–Crippen MR) is 73.5 cm³/mol. The lowest BCUT2D eigenvalue weighted by Gasteiger charge is -2.41. The SMILES string of the molecule is BC(=O)C1(Nc2ccc(C(=O)NC)c(F)c2)CCC1. The van der Waals surface area contributed by atoms with Gasteiger partial charge in [0.15, 0.2) is 7.85 Å². The van der Waals surface area contributed by atoms with Crippen molar-refractivity contribution in [1.29, 1.82) is 0 Å². The quantitative estimate of drug-likeness (QED) is 0.784. The fraction of sp³-hybridized carbons (Fsp3) is 0.385. The average Bonchev–Trinajstić information content (AvgIpc) is 2.32. The topological polar surface area (TPSA) is 58.2 Å². The summed E-state index contributed by atoms with van der Waals surface area (Å²) in [4.78, 5) is 23.0. The number of rotatable bonds is 4. The summed E-state index contributed by atoms with van der Waals surface area (Å²) >= 11 is 0. The molecule has 1 saturated carbocycles. The standard InChI is InChI=1S/C13H16BFN2O2/c1-16-11(18)9-4-3-8(7-10(9)15)17-13(12(14)19)5-2-6-13/h3-4,7,17H,2,5-6,14H2,1H3,(H,16,18). The smallest absolute Gasteiger partial charge is 0.253 e. The number of hydrogen-bond donors (Lipinski definition) is 2. The van der Waals surface area contributed by atoms with E-state index in [0.29, 0.717) is 5.69 Å². The van der Waals surface area contributed by atoms with Crippen molar-refractivity contribution in [2.24, 2.45) is 0 Å². The molecule has 2 rings (SSSR count). The Morgan fingerprint density at radius 2 is 2.05 bits per heavy atom. The van der Waals surface area contributed by atoms with E-state index >= 15 is 0 Å². The third kappa shape index (κ3) is 2.48. The van der Waals surface area contributed by atoms with Crippen molar-refractivity contribution < 1.29 is 14.0 Å². The van der Waals surface area contributed by atoms with Crippen LogP contribution in [0.25, 0.3) is 0 Å². The first-order valence-electron chi connectivity index (χ1n) is 6.29. The second kappa shape index (κ2) is 5.03. The Labute approximate surface area is 112 Å². The minimum atomic E-state index is -0.595. The molecule has 4 nitrogen and oxygen atoms in total. The van der Waals surface area contributed by atoms with Gasteiger partial charge in [-0.15, -0.1) is 0 Å². The van der Waals surface area contributed by atoms with Crippen LogP contribution in [0.3, 0.4) is 0 Å².